The fourth-order valence-electron chi connectivity index (χ4n) is 3.66. The monoisotopic (exact) mass is 298 g/mol. The van der Waals surface area contributed by atoms with Crippen molar-refractivity contribution in [1.82, 2.24) is 9.80 Å². The molecule has 2 heteroatoms. The van der Waals surface area contributed by atoms with Gasteiger partial charge in [-0.25, -0.2) is 0 Å². The molecule has 0 saturated carbocycles. The summed E-state index contributed by atoms with van der Waals surface area (Å²) in [6.45, 7) is 20.6. The average Bonchev–Trinajstić information content (AvgIpc) is 2.48. The molecule has 2 heterocycles. The van der Waals surface area contributed by atoms with Crippen LogP contribution in [0.1, 0.15) is 74.1 Å². The Morgan fingerprint density at radius 3 is 1.90 bits per heavy atom. The third-order valence-electron chi connectivity index (χ3n) is 4.91. The lowest BCUT2D eigenvalue weighted by Gasteiger charge is -2.47. The van der Waals surface area contributed by atoms with Crippen molar-refractivity contribution >= 4 is 0 Å². The first-order valence-corrected chi connectivity index (χ1v) is 9.41. The molecule has 2 nitrogen and oxygen atoms in total. The third kappa shape index (κ3) is 7.15. The van der Waals surface area contributed by atoms with Crippen LogP contribution >= 0.6 is 0 Å². The van der Waals surface area contributed by atoms with Crippen LogP contribution in [-0.2, 0) is 0 Å². The highest BCUT2D eigenvalue weighted by Crippen LogP contribution is 2.32. The summed E-state index contributed by atoms with van der Waals surface area (Å²) in [6.07, 6.45) is 5.58. The van der Waals surface area contributed by atoms with Gasteiger partial charge in [0.15, 0.2) is 0 Å². The number of rotatable bonds is 2. The molecule has 0 aromatic carbocycles. The highest BCUT2D eigenvalue weighted by atomic mass is 15.2. The van der Waals surface area contributed by atoms with E-state index in [0.717, 1.165) is 11.8 Å². The zero-order chi connectivity index (χ0) is 16.5. The largest absolute Gasteiger partial charge is 0.306 e. The number of piperidine rings is 2. The van der Waals surface area contributed by atoms with Crippen molar-refractivity contribution in [2.75, 3.05) is 33.2 Å². The van der Waals surface area contributed by atoms with Crippen molar-refractivity contribution < 1.29 is 0 Å². The molecule has 0 aliphatic carbocycles. The lowest BCUT2D eigenvalue weighted by atomic mass is 9.82. The second-order valence-corrected chi connectivity index (χ2v) is 7.10. The summed E-state index contributed by atoms with van der Waals surface area (Å²) in [5.41, 5.74) is 0.432. The van der Waals surface area contributed by atoms with Crippen LogP contribution in [-0.4, -0.2) is 48.6 Å². The first-order valence-electron chi connectivity index (χ1n) is 9.41. The molecule has 2 rings (SSSR count). The SMILES string of the molecule is CC.CC.CC1CCN(CC2CCN(C)CC2)C(C)(C)C1. The summed E-state index contributed by atoms with van der Waals surface area (Å²) >= 11 is 0. The summed E-state index contributed by atoms with van der Waals surface area (Å²) in [5, 5.41) is 0. The molecule has 0 radical (unpaired) electrons. The fourth-order valence-corrected chi connectivity index (χ4v) is 3.66. The van der Waals surface area contributed by atoms with Crippen LogP contribution in [0.15, 0.2) is 0 Å². The standard InChI is InChI=1S/C15H30N2.2C2H6/c1-13-5-10-17(15(2,3)11-13)12-14-6-8-16(4)9-7-14;2*1-2/h13-14H,5-12H2,1-4H3;2*1-2H3. The Morgan fingerprint density at radius 1 is 0.905 bits per heavy atom. The van der Waals surface area contributed by atoms with Crippen molar-refractivity contribution in [2.45, 2.75) is 79.7 Å². The Labute approximate surface area is 135 Å². The van der Waals surface area contributed by atoms with Gasteiger partial charge < -0.3 is 4.90 Å². The van der Waals surface area contributed by atoms with Gasteiger partial charge in [0.2, 0.25) is 0 Å². The molecular weight excluding hydrogens is 256 g/mol. The zero-order valence-electron chi connectivity index (χ0n) is 16.2. The van der Waals surface area contributed by atoms with Gasteiger partial charge in [0.25, 0.3) is 0 Å². The molecule has 2 aliphatic heterocycles. The Bertz CT molecular complexity index is 242. The number of hydrogen-bond acceptors (Lipinski definition) is 2. The molecule has 2 fully saturated rings. The number of likely N-dealkylation sites (tertiary alicyclic amines) is 2. The Balaban J connectivity index is 0.000000921. The van der Waals surface area contributed by atoms with E-state index < -0.39 is 0 Å². The van der Waals surface area contributed by atoms with E-state index in [1.807, 2.05) is 27.7 Å². The summed E-state index contributed by atoms with van der Waals surface area (Å²) in [4.78, 5) is 5.24. The molecule has 0 aromatic heterocycles. The minimum absolute atomic E-state index is 0.432. The van der Waals surface area contributed by atoms with Gasteiger partial charge in [-0.05, 0) is 78.0 Å². The molecule has 0 amide bonds. The van der Waals surface area contributed by atoms with Gasteiger partial charge in [0.1, 0.15) is 0 Å². The maximum absolute atomic E-state index is 2.77. The van der Waals surface area contributed by atoms with E-state index in [-0.39, 0.29) is 0 Å². The van der Waals surface area contributed by atoms with Gasteiger partial charge in [-0.2, -0.15) is 0 Å². The van der Waals surface area contributed by atoms with Gasteiger partial charge in [0.05, 0.1) is 0 Å². The van der Waals surface area contributed by atoms with Gasteiger partial charge >= 0.3 is 0 Å². The molecule has 0 N–H and O–H groups in total. The van der Waals surface area contributed by atoms with E-state index >= 15 is 0 Å². The van der Waals surface area contributed by atoms with Gasteiger partial charge in [-0.15, -0.1) is 0 Å². The van der Waals surface area contributed by atoms with E-state index in [0.29, 0.717) is 5.54 Å². The van der Waals surface area contributed by atoms with Crippen LogP contribution in [0.5, 0.6) is 0 Å². The normalized spacial score (nSPS) is 27.1. The fraction of sp³-hybridized carbons (Fsp3) is 1.00. The zero-order valence-corrected chi connectivity index (χ0v) is 16.2. The molecule has 21 heavy (non-hydrogen) atoms. The lowest BCUT2D eigenvalue weighted by molar-refractivity contribution is 0.0277. The molecule has 0 spiro atoms. The van der Waals surface area contributed by atoms with Crippen molar-refractivity contribution in [1.29, 1.82) is 0 Å². The van der Waals surface area contributed by atoms with Crippen molar-refractivity contribution in [3.63, 3.8) is 0 Å². The summed E-state index contributed by atoms with van der Waals surface area (Å²) in [7, 11) is 2.25. The molecule has 0 bridgehead atoms. The van der Waals surface area contributed by atoms with Crippen LogP contribution < -0.4 is 0 Å². The van der Waals surface area contributed by atoms with Gasteiger partial charge in [-0.3, -0.25) is 4.90 Å². The molecular formula is C19H42N2. The Morgan fingerprint density at radius 2 is 1.43 bits per heavy atom. The van der Waals surface area contributed by atoms with Crippen LogP contribution in [0, 0.1) is 11.8 Å². The van der Waals surface area contributed by atoms with E-state index in [9.17, 15) is 0 Å². The third-order valence-corrected chi connectivity index (χ3v) is 4.91. The summed E-state index contributed by atoms with van der Waals surface area (Å²) < 4.78 is 0. The topological polar surface area (TPSA) is 6.48 Å². The van der Waals surface area contributed by atoms with Gasteiger partial charge in [-0.1, -0.05) is 34.6 Å². The first-order chi connectivity index (χ1) is 9.97. The van der Waals surface area contributed by atoms with Crippen molar-refractivity contribution in [2.24, 2.45) is 11.8 Å². The van der Waals surface area contributed by atoms with Crippen LogP contribution in [0.3, 0.4) is 0 Å². The smallest absolute Gasteiger partial charge is 0.0155 e. The predicted molar refractivity (Wildman–Crippen MR) is 97.0 cm³/mol. The van der Waals surface area contributed by atoms with E-state index in [2.05, 4.69) is 37.6 Å². The highest BCUT2D eigenvalue weighted by Gasteiger charge is 2.34. The second-order valence-electron chi connectivity index (χ2n) is 7.10. The maximum Gasteiger partial charge on any atom is 0.0155 e. The number of hydrogen-bond donors (Lipinski definition) is 0. The molecule has 2 aliphatic rings. The van der Waals surface area contributed by atoms with Crippen LogP contribution in [0.4, 0.5) is 0 Å². The first kappa shape index (κ1) is 20.9. The molecule has 2 saturated heterocycles. The van der Waals surface area contributed by atoms with Gasteiger partial charge in [0, 0.05) is 12.1 Å². The Kier molecular flexibility index (Phi) is 10.6. The minimum atomic E-state index is 0.432. The minimum Gasteiger partial charge on any atom is -0.306 e. The Hall–Kier alpha value is -0.0800. The van der Waals surface area contributed by atoms with E-state index in [4.69, 9.17) is 0 Å². The molecule has 1 unspecified atom stereocenters. The molecule has 1 atom stereocenters. The van der Waals surface area contributed by atoms with E-state index in [1.165, 1.54) is 51.9 Å². The average molecular weight is 299 g/mol. The molecule has 128 valence electrons. The van der Waals surface area contributed by atoms with Crippen LogP contribution in [0.25, 0.3) is 0 Å². The lowest BCUT2D eigenvalue weighted by Crippen LogP contribution is -2.52. The second kappa shape index (κ2) is 10.6. The quantitative estimate of drug-likeness (QED) is 0.716. The van der Waals surface area contributed by atoms with E-state index in [1.54, 1.807) is 0 Å². The predicted octanol–water partition coefficient (Wildman–Crippen LogP) is 4.89. The highest BCUT2D eigenvalue weighted by molar-refractivity contribution is 4.89. The van der Waals surface area contributed by atoms with Crippen molar-refractivity contribution in [3.05, 3.63) is 0 Å². The molecule has 0 aromatic rings. The summed E-state index contributed by atoms with van der Waals surface area (Å²) in [5.74, 6) is 1.86. The number of nitrogens with zero attached hydrogens (tertiary/aromatic N) is 2. The van der Waals surface area contributed by atoms with Crippen molar-refractivity contribution in [3.8, 4) is 0 Å². The maximum atomic E-state index is 2.77. The van der Waals surface area contributed by atoms with Crippen LogP contribution in [0.2, 0.25) is 0 Å². The summed E-state index contributed by atoms with van der Waals surface area (Å²) in [6, 6.07) is 0.